The predicted octanol–water partition coefficient (Wildman–Crippen LogP) is 3.09. The molecule has 2 bridgehead atoms. The summed E-state index contributed by atoms with van der Waals surface area (Å²) in [6, 6.07) is -1.47. The van der Waals surface area contributed by atoms with Crippen molar-refractivity contribution in [3.05, 3.63) is 25.3 Å². The second kappa shape index (κ2) is 11.1. The van der Waals surface area contributed by atoms with Gasteiger partial charge in [-0.05, 0) is 58.8 Å². The van der Waals surface area contributed by atoms with Gasteiger partial charge in [-0.25, -0.2) is 0 Å². The molecular formula is C28H44N2O6. The Morgan fingerprint density at radius 1 is 1.31 bits per heavy atom. The third kappa shape index (κ3) is 4.99. The minimum Gasteiger partial charge on any atom is -0.465 e. The molecule has 202 valence electrons. The lowest BCUT2D eigenvalue weighted by molar-refractivity contribution is -0.157. The zero-order valence-electron chi connectivity index (χ0n) is 22.6. The molecule has 1 spiro atoms. The minimum atomic E-state index is -1.11. The summed E-state index contributed by atoms with van der Waals surface area (Å²) in [6.07, 6.45) is 6.00. The number of unbranched alkanes of at least 4 members (excludes halogenated alkanes) is 1. The Morgan fingerprint density at radius 2 is 2.00 bits per heavy atom. The number of rotatable bonds is 12. The van der Waals surface area contributed by atoms with Crippen LogP contribution >= 0.6 is 0 Å². The molecule has 3 heterocycles. The fraction of sp³-hybridized carbons (Fsp3) is 0.750. The van der Waals surface area contributed by atoms with Crippen LogP contribution in [-0.2, 0) is 23.9 Å². The number of allylic oxidation sites excluding steroid dienone is 1. The van der Waals surface area contributed by atoms with Crippen molar-refractivity contribution in [3.8, 4) is 0 Å². The van der Waals surface area contributed by atoms with Crippen molar-refractivity contribution in [2.24, 2.45) is 17.8 Å². The van der Waals surface area contributed by atoms with E-state index in [1.165, 1.54) is 0 Å². The summed E-state index contributed by atoms with van der Waals surface area (Å²) in [5.74, 6) is -2.34. The van der Waals surface area contributed by atoms with Crippen LogP contribution in [0.1, 0.15) is 66.7 Å². The van der Waals surface area contributed by atoms with Crippen LogP contribution in [0, 0.1) is 17.8 Å². The number of hydrogen-bond donors (Lipinski definition) is 1. The molecule has 8 heteroatoms. The van der Waals surface area contributed by atoms with Crippen LogP contribution < -0.4 is 0 Å². The topological polar surface area (TPSA) is 96.4 Å². The Labute approximate surface area is 215 Å². The number of ether oxygens (including phenoxy) is 2. The number of carbonyl (C=O) groups is 3. The lowest BCUT2D eigenvalue weighted by Gasteiger charge is -2.43. The predicted molar refractivity (Wildman–Crippen MR) is 137 cm³/mol. The fourth-order valence-electron chi connectivity index (χ4n) is 6.32. The first-order valence-electron chi connectivity index (χ1n) is 13.2. The molecule has 2 unspecified atom stereocenters. The molecule has 3 aliphatic heterocycles. The number of esters is 1. The van der Waals surface area contributed by atoms with Gasteiger partial charge in [-0.2, -0.15) is 0 Å². The minimum absolute atomic E-state index is 0.193. The molecule has 3 aliphatic rings. The van der Waals surface area contributed by atoms with E-state index in [-0.39, 0.29) is 30.9 Å². The maximum absolute atomic E-state index is 14.3. The van der Waals surface area contributed by atoms with Gasteiger partial charge >= 0.3 is 5.97 Å². The Balaban J connectivity index is 2.04. The standard InChI is InChI=1S/C28H44N2O6/c1-8-10-11-15-35-26(34)21-20-12-13-28(36-20)22(21)24(32)30(19(17-31)16-18(3)4)23(28)25(33)29(14-9-2)27(5,6)7/h8-9,18-23,31H,1-2,10-17H2,3-7H3/t19-,20-,21+,22+,23?,28?/m1/s1. The second-order valence-corrected chi connectivity index (χ2v) is 11.8. The first-order valence-corrected chi connectivity index (χ1v) is 13.2. The normalized spacial score (nSPS) is 29.9. The van der Waals surface area contributed by atoms with Crippen molar-refractivity contribution in [2.75, 3.05) is 19.8 Å². The SMILES string of the molecule is C=CCCCOC(=O)[C@@H]1[C@H]2C(=O)N([C@@H](CO)CC(C)C)C(C(=O)N(CC=C)C(C)(C)C)C23CC[C@H]1O3. The summed E-state index contributed by atoms with van der Waals surface area (Å²) in [5.41, 5.74) is -1.64. The maximum atomic E-state index is 14.3. The van der Waals surface area contributed by atoms with Crippen molar-refractivity contribution in [1.82, 2.24) is 9.80 Å². The second-order valence-electron chi connectivity index (χ2n) is 11.8. The van der Waals surface area contributed by atoms with Crippen molar-refractivity contribution in [3.63, 3.8) is 0 Å². The van der Waals surface area contributed by atoms with Gasteiger partial charge in [0.2, 0.25) is 11.8 Å². The Bertz CT molecular complexity index is 865. The van der Waals surface area contributed by atoms with E-state index in [0.29, 0.717) is 32.2 Å². The summed E-state index contributed by atoms with van der Waals surface area (Å²) in [6.45, 7) is 17.7. The number of fused-ring (bicyclic) bond motifs is 1. The first kappa shape index (κ1) is 28.4. The monoisotopic (exact) mass is 504 g/mol. The average Bonchev–Trinajstić information content (AvgIpc) is 3.44. The van der Waals surface area contributed by atoms with Crippen molar-refractivity contribution in [1.29, 1.82) is 0 Å². The number of likely N-dealkylation sites (tertiary alicyclic amines) is 1. The summed E-state index contributed by atoms with van der Waals surface area (Å²) >= 11 is 0. The molecule has 0 radical (unpaired) electrons. The van der Waals surface area contributed by atoms with Crippen LogP contribution in [0.4, 0.5) is 0 Å². The van der Waals surface area contributed by atoms with Gasteiger partial charge in [-0.1, -0.05) is 26.0 Å². The third-order valence-electron chi connectivity index (χ3n) is 7.78. The van der Waals surface area contributed by atoms with E-state index >= 15 is 0 Å². The van der Waals surface area contributed by atoms with Gasteiger partial charge in [-0.3, -0.25) is 14.4 Å². The summed E-state index contributed by atoms with van der Waals surface area (Å²) in [7, 11) is 0. The van der Waals surface area contributed by atoms with Gasteiger partial charge in [0.05, 0.1) is 37.2 Å². The van der Waals surface area contributed by atoms with Gasteiger partial charge in [0, 0.05) is 12.1 Å². The summed E-state index contributed by atoms with van der Waals surface area (Å²) in [4.78, 5) is 44.9. The van der Waals surface area contributed by atoms with E-state index in [2.05, 4.69) is 13.2 Å². The maximum Gasteiger partial charge on any atom is 0.312 e. The molecule has 6 atom stereocenters. The van der Waals surface area contributed by atoms with E-state index in [0.717, 1.165) is 6.42 Å². The number of nitrogens with zero attached hydrogens (tertiary/aromatic N) is 2. The highest BCUT2D eigenvalue weighted by Gasteiger charge is 2.75. The highest BCUT2D eigenvalue weighted by molar-refractivity contribution is 5.98. The van der Waals surface area contributed by atoms with E-state index in [4.69, 9.17) is 9.47 Å². The molecule has 3 saturated heterocycles. The van der Waals surface area contributed by atoms with E-state index in [1.807, 2.05) is 34.6 Å². The molecule has 36 heavy (non-hydrogen) atoms. The molecule has 3 rings (SSSR count). The number of hydrogen-bond acceptors (Lipinski definition) is 6. The molecule has 1 N–H and O–H groups in total. The number of carbonyl (C=O) groups excluding carboxylic acids is 3. The molecule has 0 aromatic rings. The average molecular weight is 505 g/mol. The largest absolute Gasteiger partial charge is 0.465 e. The molecule has 0 aromatic carbocycles. The van der Waals surface area contributed by atoms with Crippen molar-refractivity contribution >= 4 is 17.8 Å². The quantitative estimate of drug-likeness (QED) is 0.249. The van der Waals surface area contributed by atoms with Crippen LogP contribution in [0.2, 0.25) is 0 Å². The molecule has 0 aliphatic carbocycles. The van der Waals surface area contributed by atoms with Gasteiger partial charge < -0.3 is 24.4 Å². The summed E-state index contributed by atoms with van der Waals surface area (Å²) < 4.78 is 12.0. The molecule has 2 amide bonds. The highest BCUT2D eigenvalue weighted by atomic mass is 16.6. The number of aliphatic hydroxyl groups excluding tert-OH is 1. The van der Waals surface area contributed by atoms with Crippen LogP contribution in [0.5, 0.6) is 0 Å². The van der Waals surface area contributed by atoms with E-state index < -0.39 is 47.1 Å². The Morgan fingerprint density at radius 3 is 2.56 bits per heavy atom. The van der Waals surface area contributed by atoms with Crippen LogP contribution in [0.25, 0.3) is 0 Å². The van der Waals surface area contributed by atoms with Crippen LogP contribution in [0.15, 0.2) is 25.3 Å². The van der Waals surface area contributed by atoms with Gasteiger partial charge in [-0.15, -0.1) is 13.2 Å². The van der Waals surface area contributed by atoms with Crippen molar-refractivity contribution < 1.29 is 29.0 Å². The molecule has 8 nitrogen and oxygen atoms in total. The Hall–Kier alpha value is -2.19. The van der Waals surface area contributed by atoms with Gasteiger partial charge in [0.1, 0.15) is 11.6 Å². The van der Waals surface area contributed by atoms with E-state index in [9.17, 15) is 19.5 Å². The third-order valence-corrected chi connectivity index (χ3v) is 7.78. The van der Waals surface area contributed by atoms with E-state index in [1.54, 1.807) is 22.0 Å². The zero-order valence-corrected chi connectivity index (χ0v) is 22.6. The highest BCUT2D eigenvalue weighted by Crippen LogP contribution is 2.59. The van der Waals surface area contributed by atoms with Crippen molar-refractivity contribution in [2.45, 2.75) is 96.1 Å². The van der Waals surface area contributed by atoms with Gasteiger partial charge in [0.15, 0.2) is 0 Å². The lowest BCUT2D eigenvalue weighted by atomic mass is 9.70. The molecule has 0 saturated carbocycles. The van der Waals surface area contributed by atoms with Crippen LogP contribution in [-0.4, -0.2) is 81.8 Å². The molecule has 3 fully saturated rings. The Kier molecular flexibility index (Phi) is 8.71. The summed E-state index contributed by atoms with van der Waals surface area (Å²) in [5, 5.41) is 10.4. The smallest absolute Gasteiger partial charge is 0.312 e. The lowest BCUT2D eigenvalue weighted by Crippen LogP contribution is -2.61. The number of aliphatic hydroxyl groups is 1. The molecule has 0 aromatic heterocycles. The van der Waals surface area contributed by atoms with Gasteiger partial charge in [0.25, 0.3) is 0 Å². The molecular weight excluding hydrogens is 460 g/mol. The zero-order chi connectivity index (χ0) is 26.8. The first-order chi connectivity index (χ1) is 16.9. The van der Waals surface area contributed by atoms with Crippen LogP contribution in [0.3, 0.4) is 0 Å². The number of amides is 2. The fourth-order valence-corrected chi connectivity index (χ4v) is 6.32.